The largest absolute Gasteiger partial charge is 0.480 e. The summed E-state index contributed by atoms with van der Waals surface area (Å²) in [5.41, 5.74) is 0. The van der Waals surface area contributed by atoms with Crippen LogP contribution in [0.15, 0.2) is 11.6 Å². The summed E-state index contributed by atoms with van der Waals surface area (Å²) in [5, 5.41) is 21.9. The van der Waals surface area contributed by atoms with Gasteiger partial charge in [-0.2, -0.15) is 0 Å². The van der Waals surface area contributed by atoms with Crippen molar-refractivity contribution in [2.75, 3.05) is 11.9 Å². The number of carboxylic acids is 1. The van der Waals surface area contributed by atoms with Crippen molar-refractivity contribution in [2.45, 2.75) is 6.04 Å². The Bertz CT molecular complexity index is 249. The highest BCUT2D eigenvalue weighted by atomic mass is 32.1. The molecule has 5 nitrogen and oxygen atoms in total. The summed E-state index contributed by atoms with van der Waals surface area (Å²) in [6, 6.07) is -0.976. The summed E-state index contributed by atoms with van der Waals surface area (Å²) in [5.74, 6) is -1.09. The average molecular weight is 188 g/mol. The Morgan fingerprint density at radius 3 is 3.00 bits per heavy atom. The van der Waals surface area contributed by atoms with Crippen LogP contribution in [0.1, 0.15) is 0 Å². The van der Waals surface area contributed by atoms with Crippen LogP contribution in [0.4, 0.5) is 5.13 Å². The van der Waals surface area contributed by atoms with E-state index in [1.165, 1.54) is 11.3 Å². The molecular formula is C6H8N2O3S. The topological polar surface area (TPSA) is 82.5 Å². The van der Waals surface area contributed by atoms with Crippen molar-refractivity contribution in [3.05, 3.63) is 11.6 Å². The molecule has 1 aromatic rings. The number of aliphatic hydroxyl groups is 1. The number of hydrogen-bond donors (Lipinski definition) is 3. The Morgan fingerprint density at radius 2 is 2.58 bits per heavy atom. The molecular weight excluding hydrogens is 180 g/mol. The van der Waals surface area contributed by atoms with Crippen LogP contribution in [0.3, 0.4) is 0 Å². The van der Waals surface area contributed by atoms with Crippen LogP contribution in [0.5, 0.6) is 0 Å². The van der Waals surface area contributed by atoms with Gasteiger partial charge in [0.05, 0.1) is 6.61 Å². The van der Waals surface area contributed by atoms with Gasteiger partial charge in [0, 0.05) is 11.6 Å². The van der Waals surface area contributed by atoms with E-state index >= 15 is 0 Å². The molecule has 0 fully saturated rings. The molecule has 0 unspecified atom stereocenters. The molecule has 0 aliphatic heterocycles. The summed E-state index contributed by atoms with van der Waals surface area (Å²) < 4.78 is 0. The maximum Gasteiger partial charge on any atom is 0.328 e. The lowest BCUT2D eigenvalue weighted by Gasteiger charge is -2.08. The van der Waals surface area contributed by atoms with E-state index in [0.717, 1.165) is 0 Å². The van der Waals surface area contributed by atoms with E-state index in [1.54, 1.807) is 11.6 Å². The number of carbonyl (C=O) groups is 1. The van der Waals surface area contributed by atoms with E-state index in [-0.39, 0.29) is 0 Å². The number of aliphatic hydroxyl groups excluding tert-OH is 1. The third-order valence-electron chi connectivity index (χ3n) is 1.21. The van der Waals surface area contributed by atoms with E-state index in [9.17, 15) is 4.79 Å². The minimum Gasteiger partial charge on any atom is -0.480 e. The standard InChI is InChI=1S/C6H8N2O3S/c9-3-4(5(10)11)8-6-7-1-2-12-6/h1-2,4,9H,3H2,(H,7,8)(H,10,11)/t4-/m0/s1. The number of hydrogen-bond acceptors (Lipinski definition) is 5. The van der Waals surface area contributed by atoms with Gasteiger partial charge in [0.15, 0.2) is 5.13 Å². The Kier molecular flexibility index (Phi) is 3.01. The van der Waals surface area contributed by atoms with Crippen LogP contribution in [-0.4, -0.2) is 33.8 Å². The van der Waals surface area contributed by atoms with Crippen LogP contribution < -0.4 is 5.32 Å². The van der Waals surface area contributed by atoms with Gasteiger partial charge >= 0.3 is 5.97 Å². The van der Waals surface area contributed by atoms with Crippen LogP contribution in [0.2, 0.25) is 0 Å². The molecule has 1 atom stereocenters. The van der Waals surface area contributed by atoms with Crippen molar-refractivity contribution in [1.29, 1.82) is 0 Å². The second-order valence-electron chi connectivity index (χ2n) is 2.05. The smallest absolute Gasteiger partial charge is 0.328 e. The third kappa shape index (κ3) is 2.18. The summed E-state index contributed by atoms with van der Waals surface area (Å²) in [6.45, 7) is -0.449. The van der Waals surface area contributed by atoms with Gasteiger partial charge in [-0.05, 0) is 0 Å². The monoisotopic (exact) mass is 188 g/mol. The lowest BCUT2D eigenvalue weighted by molar-refractivity contribution is -0.138. The maximum absolute atomic E-state index is 10.4. The Hall–Kier alpha value is -1.14. The highest BCUT2D eigenvalue weighted by molar-refractivity contribution is 7.13. The number of rotatable bonds is 4. The number of carboxylic acid groups (broad SMARTS) is 1. The predicted octanol–water partition coefficient (Wildman–Crippen LogP) is 0.000500. The molecule has 1 rings (SSSR count). The Morgan fingerprint density at radius 1 is 1.83 bits per heavy atom. The average Bonchev–Trinajstić information content (AvgIpc) is 2.51. The van der Waals surface area contributed by atoms with Crippen LogP contribution in [0, 0.1) is 0 Å². The number of nitrogens with zero attached hydrogens (tertiary/aromatic N) is 1. The summed E-state index contributed by atoms with van der Waals surface area (Å²) in [4.78, 5) is 14.2. The van der Waals surface area contributed by atoms with Gasteiger partial charge < -0.3 is 15.5 Å². The highest BCUT2D eigenvalue weighted by Gasteiger charge is 2.15. The predicted molar refractivity (Wildman–Crippen MR) is 44.2 cm³/mol. The van der Waals surface area contributed by atoms with Crippen LogP contribution >= 0.6 is 11.3 Å². The highest BCUT2D eigenvalue weighted by Crippen LogP contribution is 2.11. The molecule has 1 heterocycles. The molecule has 0 bridgehead atoms. The first-order valence-corrected chi connectivity index (χ1v) is 4.11. The summed E-state index contributed by atoms with van der Waals surface area (Å²) >= 11 is 1.29. The van der Waals surface area contributed by atoms with E-state index in [0.29, 0.717) is 5.13 Å². The first kappa shape index (κ1) is 8.95. The molecule has 0 radical (unpaired) electrons. The van der Waals surface area contributed by atoms with Gasteiger partial charge in [0.1, 0.15) is 6.04 Å². The molecule has 0 amide bonds. The normalized spacial score (nSPS) is 12.4. The zero-order chi connectivity index (χ0) is 8.97. The summed E-state index contributed by atoms with van der Waals surface area (Å²) in [7, 11) is 0. The number of aliphatic carboxylic acids is 1. The molecule has 0 saturated carbocycles. The molecule has 66 valence electrons. The van der Waals surface area contributed by atoms with Gasteiger partial charge in [-0.3, -0.25) is 0 Å². The second kappa shape index (κ2) is 4.03. The Balaban J connectivity index is 2.54. The lowest BCUT2D eigenvalue weighted by atomic mass is 10.3. The van der Waals surface area contributed by atoms with Crippen LogP contribution in [-0.2, 0) is 4.79 Å². The first-order valence-electron chi connectivity index (χ1n) is 3.23. The van der Waals surface area contributed by atoms with Gasteiger partial charge in [0.25, 0.3) is 0 Å². The maximum atomic E-state index is 10.4. The van der Waals surface area contributed by atoms with E-state index in [1.807, 2.05) is 0 Å². The fraction of sp³-hybridized carbons (Fsp3) is 0.333. The van der Waals surface area contributed by atoms with Crippen molar-refractivity contribution in [2.24, 2.45) is 0 Å². The number of aromatic nitrogens is 1. The second-order valence-corrected chi connectivity index (χ2v) is 2.95. The van der Waals surface area contributed by atoms with Gasteiger partial charge in [-0.25, -0.2) is 9.78 Å². The number of anilines is 1. The molecule has 12 heavy (non-hydrogen) atoms. The first-order chi connectivity index (χ1) is 5.74. The molecule has 0 saturated heterocycles. The van der Waals surface area contributed by atoms with Crippen molar-refractivity contribution in [3.63, 3.8) is 0 Å². The van der Waals surface area contributed by atoms with Crippen molar-refractivity contribution < 1.29 is 15.0 Å². The minimum absolute atomic E-state index is 0.449. The lowest BCUT2D eigenvalue weighted by Crippen LogP contribution is -2.32. The fourth-order valence-electron chi connectivity index (χ4n) is 0.629. The van der Waals surface area contributed by atoms with Gasteiger partial charge in [-0.1, -0.05) is 0 Å². The SMILES string of the molecule is O=C(O)[C@H](CO)Nc1nccs1. The molecule has 6 heteroatoms. The molecule has 0 spiro atoms. The third-order valence-corrected chi connectivity index (χ3v) is 1.92. The molecule has 0 aromatic carbocycles. The zero-order valence-corrected chi connectivity index (χ0v) is 6.91. The van der Waals surface area contributed by atoms with Crippen molar-refractivity contribution >= 4 is 22.4 Å². The molecule has 3 N–H and O–H groups in total. The van der Waals surface area contributed by atoms with Crippen molar-refractivity contribution in [3.8, 4) is 0 Å². The Labute approximate surface area is 72.7 Å². The number of thiazole rings is 1. The molecule has 0 aliphatic rings. The fourth-order valence-corrected chi connectivity index (χ4v) is 1.21. The van der Waals surface area contributed by atoms with Crippen LogP contribution in [0.25, 0.3) is 0 Å². The van der Waals surface area contributed by atoms with Gasteiger partial charge in [0.2, 0.25) is 0 Å². The van der Waals surface area contributed by atoms with Gasteiger partial charge in [-0.15, -0.1) is 11.3 Å². The molecule has 0 aliphatic carbocycles. The van der Waals surface area contributed by atoms with E-state index in [2.05, 4.69) is 10.3 Å². The number of nitrogens with one attached hydrogen (secondary N) is 1. The zero-order valence-electron chi connectivity index (χ0n) is 6.10. The van der Waals surface area contributed by atoms with E-state index < -0.39 is 18.6 Å². The van der Waals surface area contributed by atoms with E-state index in [4.69, 9.17) is 10.2 Å². The van der Waals surface area contributed by atoms with Crippen molar-refractivity contribution in [1.82, 2.24) is 4.98 Å². The quantitative estimate of drug-likeness (QED) is 0.619. The molecule has 1 aromatic heterocycles. The minimum atomic E-state index is -1.09. The summed E-state index contributed by atoms with van der Waals surface area (Å²) in [6.07, 6.45) is 1.56.